The average molecular weight is 396 g/mol. The van der Waals surface area contributed by atoms with E-state index in [0.29, 0.717) is 22.8 Å². The molecule has 144 valence electrons. The lowest BCUT2D eigenvalue weighted by Gasteiger charge is -2.13. The third kappa shape index (κ3) is 3.57. The van der Waals surface area contributed by atoms with Crippen LogP contribution in [0.5, 0.6) is 0 Å². The van der Waals surface area contributed by atoms with E-state index < -0.39 is 5.63 Å². The monoisotopic (exact) mass is 396 g/mol. The number of rotatable bonds is 5. The lowest BCUT2D eigenvalue weighted by molar-refractivity contribution is -0.144. The van der Waals surface area contributed by atoms with E-state index in [0.717, 1.165) is 15.9 Å². The Morgan fingerprint density at radius 2 is 2.14 bits per heavy atom. The van der Waals surface area contributed by atoms with Gasteiger partial charge < -0.3 is 9.15 Å². The van der Waals surface area contributed by atoms with Crippen molar-refractivity contribution in [2.24, 2.45) is 0 Å². The van der Waals surface area contributed by atoms with E-state index in [2.05, 4.69) is 18.8 Å². The predicted octanol–water partition coefficient (Wildman–Crippen LogP) is 4.22. The van der Waals surface area contributed by atoms with Crippen molar-refractivity contribution >= 4 is 33.2 Å². The first-order chi connectivity index (χ1) is 13.4. The standard InChI is InChI=1S/C21H20N2O4S/c1-12(2)16-9-17-14(7-20(25)27-18(17)6-13(16)3)11-26-19(24)8-15-10-23-4-5-28-21(23)22-15/h4-7,9-10,12H,8,11H2,1-3H3. The van der Waals surface area contributed by atoms with Crippen LogP contribution in [-0.2, 0) is 22.6 Å². The molecule has 6 nitrogen and oxygen atoms in total. The summed E-state index contributed by atoms with van der Waals surface area (Å²) < 4.78 is 12.6. The molecule has 0 fully saturated rings. The molecule has 0 bridgehead atoms. The molecule has 4 aromatic rings. The third-order valence-corrected chi connectivity index (χ3v) is 5.47. The van der Waals surface area contributed by atoms with Gasteiger partial charge in [0.2, 0.25) is 0 Å². The minimum atomic E-state index is -0.454. The second-order valence-corrected chi connectivity index (χ2v) is 7.99. The van der Waals surface area contributed by atoms with Crippen LogP contribution < -0.4 is 5.63 Å². The van der Waals surface area contributed by atoms with Crippen molar-refractivity contribution in [2.75, 3.05) is 0 Å². The highest BCUT2D eigenvalue weighted by molar-refractivity contribution is 7.15. The summed E-state index contributed by atoms with van der Waals surface area (Å²) >= 11 is 1.51. The molecule has 4 rings (SSSR count). The summed E-state index contributed by atoms with van der Waals surface area (Å²) in [5.41, 5.74) is 3.60. The van der Waals surface area contributed by atoms with Gasteiger partial charge in [-0.25, -0.2) is 9.78 Å². The van der Waals surface area contributed by atoms with E-state index in [1.165, 1.54) is 23.0 Å². The van der Waals surface area contributed by atoms with Gasteiger partial charge in [-0.05, 0) is 36.1 Å². The lowest BCUT2D eigenvalue weighted by Crippen LogP contribution is -2.10. The molecule has 0 radical (unpaired) electrons. The number of fused-ring (bicyclic) bond motifs is 2. The number of thiazole rings is 1. The van der Waals surface area contributed by atoms with Crippen LogP contribution in [0, 0.1) is 6.92 Å². The Morgan fingerprint density at radius 3 is 2.89 bits per heavy atom. The molecule has 1 aromatic carbocycles. The molecule has 0 atom stereocenters. The Labute approximate surface area is 165 Å². The number of nitrogens with zero attached hydrogens (tertiary/aromatic N) is 2. The zero-order valence-electron chi connectivity index (χ0n) is 15.9. The fourth-order valence-electron chi connectivity index (χ4n) is 3.35. The summed E-state index contributed by atoms with van der Waals surface area (Å²) in [6.07, 6.45) is 3.80. The summed E-state index contributed by atoms with van der Waals surface area (Å²) in [5, 5.41) is 2.73. The first-order valence-corrected chi connectivity index (χ1v) is 9.92. The van der Waals surface area contributed by atoms with Gasteiger partial charge in [-0.15, -0.1) is 11.3 Å². The topological polar surface area (TPSA) is 73.8 Å². The van der Waals surface area contributed by atoms with Crippen LogP contribution in [-0.4, -0.2) is 15.4 Å². The molecule has 3 aromatic heterocycles. The van der Waals surface area contributed by atoms with Gasteiger partial charge in [0.05, 0.1) is 12.1 Å². The van der Waals surface area contributed by atoms with E-state index in [-0.39, 0.29) is 19.0 Å². The van der Waals surface area contributed by atoms with Crippen molar-refractivity contribution in [3.63, 3.8) is 0 Å². The van der Waals surface area contributed by atoms with Crippen LogP contribution in [0.25, 0.3) is 15.9 Å². The second-order valence-electron chi connectivity index (χ2n) is 7.11. The largest absolute Gasteiger partial charge is 0.460 e. The number of benzene rings is 1. The molecule has 7 heteroatoms. The molecule has 0 N–H and O–H groups in total. The molecule has 0 saturated carbocycles. The van der Waals surface area contributed by atoms with Crippen molar-refractivity contribution in [1.82, 2.24) is 9.38 Å². The van der Waals surface area contributed by atoms with Crippen molar-refractivity contribution in [2.45, 2.75) is 39.7 Å². The molecule has 0 saturated heterocycles. The zero-order valence-corrected chi connectivity index (χ0v) is 16.7. The Morgan fingerprint density at radius 1 is 1.32 bits per heavy atom. The van der Waals surface area contributed by atoms with Crippen LogP contribution in [0.3, 0.4) is 0 Å². The molecule has 0 aliphatic rings. The van der Waals surface area contributed by atoms with Crippen molar-refractivity contribution < 1.29 is 13.9 Å². The van der Waals surface area contributed by atoms with Gasteiger partial charge >= 0.3 is 11.6 Å². The van der Waals surface area contributed by atoms with Gasteiger partial charge in [-0.2, -0.15) is 0 Å². The number of esters is 1. The smallest absolute Gasteiger partial charge is 0.336 e. The number of ether oxygens (including phenoxy) is 1. The predicted molar refractivity (Wildman–Crippen MR) is 108 cm³/mol. The van der Waals surface area contributed by atoms with Gasteiger partial charge in [0.15, 0.2) is 4.96 Å². The molecular formula is C21H20N2O4S. The molecule has 0 unspecified atom stereocenters. The van der Waals surface area contributed by atoms with Gasteiger partial charge in [0, 0.05) is 34.8 Å². The molecule has 0 spiro atoms. The average Bonchev–Trinajstić information content (AvgIpc) is 3.20. The Hall–Kier alpha value is -2.93. The van der Waals surface area contributed by atoms with E-state index in [1.54, 1.807) is 0 Å². The van der Waals surface area contributed by atoms with Gasteiger partial charge in [0.1, 0.15) is 12.2 Å². The van der Waals surface area contributed by atoms with E-state index >= 15 is 0 Å². The Kier molecular flexibility index (Phi) is 4.77. The van der Waals surface area contributed by atoms with E-state index in [4.69, 9.17) is 9.15 Å². The van der Waals surface area contributed by atoms with Crippen LogP contribution in [0.4, 0.5) is 0 Å². The molecule has 28 heavy (non-hydrogen) atoms. The van der Waals surface area contributed by atoms with E-state index in [9.17, 15) is 9.59 Å². The summed E-state index contributed by atoms with van der Waals surface area (Å²) in [7, 11) is 0. The summed E-state index contributed by atoms with van der Waals surface area (Å²) in [4.78, 5) is 29.4. The van der Waals surface area contributed by atoms with Gasteiger partial charge in [-0.3, -0.25) is 9.20 Å². The first kappa shape index (κ1) is 18.4. The van der Waals surface area contributed by atoms with Crippen LogP contribution >= 0.6 is 11.3 Å². The zero-order chi connectivity index (χ0) is 19.8. The molecule has 3 heterocycles. The maximum atomic E-state index is 12.3. The van der Waals surface area contributed by atoms with Gasteiger partial charge in [-0.1, -0.05) is 13.8 Å². The summed E-state index contributed by atoms with van der Waals surface area (Å²) in [6, 6.07) is 5.28. The Bertz CT molecular complexity index is 1200. The van der Waals surface area contributed by atoms with Gasteiger partial charge in [0.25, 0.3) is 0 Å². The lowest BCUT2D eigenvalue weighted by atomic mass is 9.95. The van der Waals surface area contributed by atoms with Crippen molar-refractivity contribution in [1.29, 1.82) is 0 Å². The Balaban J connectivity index is 1.56. The quantitative estimate of drug-likeness (QED) is 0.373. The normalized spacial score (nSPS) is 11.6. The molecule has 0 aliphatic carbocycles. The first-order valence-electron chi connectivity index (χ1n) is 9.04. The van der Waals surface area contributed by atoms with E-state index in [1.807, 2.05) is 41.2 Å². The second kappa shape index (κ2) is 7.24. The highest BCUT2D eigenvalue weighted by Gasteiger charge is 2.14. The number of carbonyl (C=O) groups is 1. The summed E-state index contributed by atoms with van der Waals surface area (Å²) in [6.45, 7) is 6.24. The van der Waals surface area contributed by atoms with Crippen molar-refractivity contribution in [3.05, 3.63) is 68.8 Å². The highest BCUT2D eigenvalue weighted by Crippen LogP contribution is 2.27. The maximum absolute atomic E-state index is 12.3. The summed E-state index contributed by atoms with van der Waals surface area (Å²) in [5.74, 6) is -0.0511. The number of carbonyl (C=O) groups excluding carboxylic acids is 1. The minimum absolute atomic E-state index is 0.0176. The number of hydrogen-bond acceptors (Lipinski definition) is 6. The minimum Gasteiger partial charge on any atom is -0.460 e. The fourth-order valence-corrected chi connectivity index (χ4v) is 4.07. The fraction of sp³-hybridized carbons (Fsp3) is 0.286. The number of aryl methyl sites for hydroxylation is 1. The van der Waals surface area contributed by atoms with Crippen LogP contribution in [0.1, 0.15) is 42.1 Å². The number of hydrogen-bond donors (Lipinski definition) is 0. The molecule has 0 amide bonds. The highest BCUT2D eigenvalue weighted by atomic mass is 32.1. The van der Waals surface area contributed by atoms with Crippen LogP contribution in [0.2, 0.25) is 0 Å². The van der Waals surface area contributed by atoms with Crippen molar-refractivity contribution in [3.8, 4) is 0 Å². The number of imidazole rings is 1. The number of aromatic nitrogens is 2. The maximum Gasteiger partial charge on any atom is 0.336 e. The van der Waals surface area contributed by atoms with Crippen LogP contribution in [0.15, 0.2) is 45.2 Å². The SMILES string of the molecule is Cc1cc2oc(=O)cc(COC(=O)Cc3cn4ccsc4n3)c2cc1C(C)C. The third-order valence-electron chi connectivity index (χ3n) is 4.70. The molecule has 0 aliphatic heterocycles. The molecular weight excluding hydrogens is 376 g/mol.